The van der Waals surface area contributed by atoms with E-state index in [1.165, 1.54) is 12.8 Å². The molecule has 1 fully saturated rings. The van der Waals surface area contributed by atoms with Crippen LogP contribution < -0.4 is 0 Å². The van der Waals surface area contributed by atoms with Crippen molar-refractivity contribution in [2.75, 3.05) is 5.33 Å². The van der Waals surface area contributed by atoms with Crippen molar-refractivity contribution in [1.82, 2.24) is 9.55 Å². The highest BCUT2D eigenvalue weighted by Gasteiger charge is 2.30. The van der Waals surface area contributed by atoms with Gasteiger partial charge in [0.1, 0.15) is 4.60 Å². The number of hydrogen-bond acceptors (Lipinski definition) is 2. The van der Waals surface area contributed by atoms with Gasteiger partial charge in [-0.1, -0.05) is 23.4 Å². The fraction of sp³-hybridized carbons (Fsp3) is 0.600. The Hall–Kier alpha value is 0.320. The molecule has 0 spiro atoms. The number of imidazole rings is 1. The fourth-order valence-electron chi connectivity index (χ4n) is 1.43. The Kier molecular flexibility index (Phi) is 6.43. The Morgan fingerprint density at radius 2 is 2.12 bits per heavy atom. The van der Waals surface area contributed by atoms with Gasteiger partial charge in [0.05, 0.1) is 11.0 Å². The quantitative estimate of drug-likeness (QED) is 0.552. The lowest BCUT2D eigenvalue weighted by Gasteiger charge is -1.97. The van der Waals surface area contributed by atoms with E-state index in [-0.39, 0.29) is 30.2 Å². The van der Waals surface area contributed by atoms with Crippen molar-refractivity contribution >= 4 is 54.6 Å². The fourth-order valence-corrected chi connectivity index (χ4v) is 2.26. The van der Waals surface area contributed by atoms with Gasteiger partial charge in [0.2, 0.25) is 5.78 Å². The standard InChI is InChI=1S/C9H10Br2N2O.CH4.BrH/c1-13-8(11)7(5-2-3-5)12-9(13)6(14)4-10;;/h5H,2-4H2,1H3;1H4;1H. The van der Waals surface area contributed by atoms with Gasteiger partial charge < -0.3 is 4.57 Å². The lowest BCUT2D eigenvalue weighted by molar-refractivity contribution is 0.101. The zero-order chi connectivity index (χ0) is 10.3. The Balaban J connectivity index is 0.00000112. The number of aromatic nitrogens is 2. The molecule has 0 saturated heterocycles. The van der Waals surface area contributed by atoms with Gasteiger partial charge in [0.15, 0.2) is 5.82 Å². The number of carbonyl (C=O) groups excluding carboxylic acids is 1. The number of carbonyl (C=O) groups is 1. The van der Waals surface area contributed by atoms with Crippen LogP contribution in [-0.4, -0.2) is 20.7 Å². The summed E-state index contributed by atoms with van der Waals surface area (Å²) in [6, 6.07) is 0. The van der Waals surface area contributed by atoms with Crippen LogP contribution in [0.25, 0.3) is 0 Å². The number of hydrogen-bond donors (Lipinski definition) is 0. The molecule has 1 saturated carbocycles. The SMILES string of the molecule is Br.C.Cn1c(C(=O)CBr)nc(C2CC2)c1Br. The van der Waals surface area contributed by atoms with E-state index in [1.54, 1.807) is 0 Å². The summed E-state index contributed by atoms with van der Waals surface area (Å²) >= 11 is 6.63. The second kappa shape index (κ2) is 6.31. The molecule has 1 heterocycles. The summed E-state index contributed by atoms with van der Waals surface area (Å²) in [5.74, 6) is 1.13. The maximum Gasteiger partial charge on any atom is 0.208 e. The monoisotopic (exact) mass is 416 g/mol. The average molecular weight is 419 g/mol. The number of nitrogens with zero attached hydrogens (tertiary/aromatic N) is 2. The van der Waals surface area contributed by atoms with Crippen LogP contribution in [0.1, 0.15) is 42.5 Å². The molecular formula is C10H15Br3N2O. The van der Waals surface area contributed by atoms with E-state index in [0.29, 0.717) is 17.1 Å². The Morgan fingerprint density at radius 3 is 2.56 bits per heavy atom. The molecule has 0 unspecified atom stereocenters. The summed E-state index contributed by atoms with van der Waals surface area (Å²) in [5.41, 5.74) is 1.04. The summed E-state index contributed by atoms with van der Waals surface area (Å²) in [5, 5.41) is 0.328. The van der Waals surface area contributed by atoms with Crippen molar-refractivity contribution < 1.29 is 4.79 Å². The van der Waals surface area contributed by atoms with Gasteiger partial charge in [-0.15, -0.1) is 17.0 Å². The van der Waals surface area contributed by atoms with Gasteiger partial charge in [-0.25, -0.2) is 4.98 Å². The minimum atomic E-state index is 0. The Morgan fingerprint density at radius 1 is 1.56 bits per heavy atom. The summed E-state index contributed by atoms with van der Waals surface area (Å²) in [6.45, 7) is 0. The molecule has 0 aliphatic heterocycles. The summed E-state index contributed by atoms with van der Waals surface area (Å²) < 4.78 is 2.77. The average Bonchev–Trinajstić information content (AvgIpc) is 2.97. The lowest BCUT2D eigenvalue weighted by atomic mass is 10.3. The number of ketones is 1. The van der Waals surface area contributed by atoms with Crippen LogP contribution in [-0.2, 0) is 7.05 Å². The number of alkyl halides is 1. The first-order valence-corrected chi connectivity index (χ1v) is 6.38. The van der Waals surface area contributed by atoms with E-state index >= 15 is 0 Å². The molecule has 92 valence electrons. The maximum atomic E-state index is 11.5. The number of halogens is 3. The highest BCUT2D eigenvalue weighted by molar-refractivity contribution is 9.10. The smallest absolute Gasteiger partial charge is 0.208 e. The van der Waals surface area contributed by atoms with Crippen molar-refractivity contribution in [3.8, 4) is 0 Å². The molecule has 0 bridgehead atoms. The van der Waals surface area contributed by atoms with Crippen LogP contribution in [0.2, 0.25) is 0 Å². The molecule has 2 rings (SSSR count). The summed E-state index contributed by atoms with van der Waals surface area (Å²) in [6.07, 6.45) is 2.38. The number of rotatable bonds is 3. The molecule has 1 aliphatic rings. The molecule has 0 amide bonds. The van der Waals surface area contributed by atoms with Crippen LogP contribution >= 0.6 is 48.8 Å². The minimum absolute atomic E-state index is 0. The van der Waals surface area contributed by atoms with Crippen LogP contribution in [0.4, 0.5) is 0 Å². The van der Waals surface area contributed by atoms with Crippen molar-refractivity contribution in [3.63, 3.8) is 0 Å². The van der Waals surface area contributed by atoms with Crippen molar-refractivity contribution in [2.45, 2.75) is 26.2 Å². The third kappa shape index (κ3) is 2.96. The topological polar surface area (TPSA) is 34.9 Å². The predicted molar refractivity (Wildman–Crippen MR) is 78.1 cm³/mol. The van der Waals surface area contributed by atoms with Gasteiger partial charge in [-0.2, -0.15) is 0 Å². The highest BCUT2D eigenvalue weighted by Crippen LogP contribution is 2.42. The van der Waals surface area contributed by atoms with E-state index in [4.69, 9.17) is 0 Å². The molecule has 1 aromatic rings. The third-order valence-electron chi connectivity index (χ3n) is 2.38. The molecule has 3 nitrogen and oxygen atoms in total. The van der Waals surface area contributed by atoms with E-state index < -0.39 is 0 Å². The Bertz CT molecular complexity index is 386. The van der Waals surface area contributed by atoms with Crippen molar-refractivity contribution in [2.24, 2.45) is 7.05 Å². The second-order valence-corrected chi connectivity index (χ2v) is 4.81. The van der Waals surface area contributed by atoms with Gasteiger partial charge in [0.25, 0.3) is 0 Å². The van der Waals surface area contributed by atoms with Crippen LogP contribution in [0.3, 0.4) is 0 Å². The minimum Gasteiger partial charge on any atom is -0.319 e. The summed E-state index contributed by atoms with van der Waals surface area (Å²) in [7, 11) is 1.86. The molecule has 16 heavy (non-hydrogen) atoms. The van der Waals surface area contributed by atoms with E-state index in [0.717, 1.165) is 10.3 Å². The largest absolute Gasteiger partial charge is 0.319 e. The zero-order valence-corrected chi connectivity index (χ0v) is 13.1. The van der Waals surface area contributed by atoms with E-state index in [1.807, 2.05) is 11.6 Å². The first-order chi connectivity index (χ1) is 6.65. The first-order valence-electron chi connectivity index (χ1n) is 4.46. The molecule has 6 heteroatoms. The second-order valence-electron chi connectivity index (χ2n) is 3.50. The molecule has 1 aliphatic carbocycles. The van der Waals surface area contributed by atoms with Crippen molar-refractivity contribution in [3.05, 3.63) is 16.1 Å². The van der Waals surface area contributed by atoms with Gasteiger partial charge in [-0.3, -0.25) is 4.79 Å². The van der Waals surface area contributed by atoms with Crippen LogP contribution in [0.5, 0.6) is 0 Å². The predicted octanol–water partition coefficient (Wildman–Crippen LogP) is 3.85. The highest BCUT2D eigenvalue weighted by atomic mass is 79.9. The van der Waals surface area contributed by atoms with E-state index in [2.05, 4.69) is 36.8 Å². The van der Waals surface area contributed by atoms with Crippen LogP contribution in [0.15, 0.2) is 4.60 Å². The van der Waals surface area contributed by atoms with E-state index in [9.17, 15) is 4.79 Å². The van der Waals surface area contributed by atoms with Crippen molar-refractivity contribution in [1.29, 1.82) is 0 Å². The molecular weight excluding hydrogens is 404 g/mol. The van der Waals surface area contributed by atoms with Gasteiger partial charge >= 0.3 is 0 Å². The molecule has 0 radical (unpaired) electrons. The molecule has 1 aromatic heterocycles. The van der Waals surface area contributed by atoms with Gasteiger partial charge in [-0.05, 0) is 28.8 Å². The molecule has 0 atom stereocenters. The maximum absolute atomic E-state index is 11.5. The number of Topliss-reactive ketones (excluding diaryl/α,β-unsaturated/α-hetero) is 1. The van der Waals surface area contributed by atoms with Crippen LogP contribution in [0, 0.1) is 0 Å². The molecule has 0 N–H and O–H groups in total. The third-order valence-corrected chi connectivity index (χ3v) is 3.83. The zero-order valence-electron chi connectivity index (χ0n) is 8.17. The van der Waals surface area contributed by atoms with Gasteiger partial charge in [0, 0.05) is 13.0 Å². The first kappa shape index (κ1) is 16.3. The Labute approximate surface area is 123 Å². The normalized spacial score (nSPS) is 13.9. The molecule has 0 aromatic carbocycles. The summed E-state index contributed by atoms with van der Waals surface area (Å²) in [4.78, 5) is 15.9. The lowest BCUT2D eigenvalue weighted by Crippen LogP contribution is -2.08.